The maximum Gasteiger partial charge on any atom is 0.323 e. The molecule has 0 spiro atoms. The first-order valence-corrected chi connectivity index (χ1v) is 7.36. The summed E-state index contributed by atoms with van der Waals surface area (Å²) < 4.78 is 5.77. The summed E-state index contributed by atoms with van der Waals surface area (Å²) in [5, 5.41) is 5.43. The molecule has 0 heterocycles. The zero-order valence-corrected chi connectivity index (χ0v) is 13.7. The van der Waals surface area contributed by atoms with Crippen molar-refractivity contribution in [2.75, 3.05) is 10.6 Å². The maximum absolute atomic E-state index is 12.0. The summed E-state index contributed by atoms with van der Waals surface area (Å²) in [6.45, 7) is 3.29. The van der Waals surface area contributed by atoms with E-state index in [1.165, 1.54) is 6.92 Å². The summed E-state index contributed by atoms with van der Waals surface area (Å²) in [7, 11) is 0. The third kappa shape index (κ3) is 4.60. The standard InChI is InChI=1S/C16H15BrN2O3/c1-10-6-7-15(14(17)8-10)19-16(21)18-12-4-3-5-13(9-12)22-11(2)20/h3-9H,1-2H3,(H2,18,19,21). The highest BCUT2D eigenvalue weighted by atomic mass is 79.9. The molecule has 114 valence electrons. The molecule has 0 aliphatic heterocycles. The van der Waals surface area contributed by atoms with Crippen molar-refractivity contribution in [1.29, 1.82) is 0 Å². The Labute approximate surface area is 136 Å². The predicted octanol–water partition coefficient (Wildman–Crippen LogP) is 4.33. The molecule has 0 fully saturated rings. The number of hydrogen-bond acceptors (Lipinski definition) is 3. The van der Waals surface area contributed by atoms with Gasteiger partial charge in [-0.15, -0.1) is 0 Å². The van der Waals surface area contributed by atoms with Gasteiger partial charge in [-0.1, -0.05) is 12.1 Å². The molecule has 0 radical (unpaired) electrons. The van der Waals surface area contributed by atoms with Crippen molar-refractivity contribution in [1.82, 2.24) is 0 Å². The van der Waals surface area contributed by atoms with Crippen LogP contribution in [0.25, 0.3) is 0 Å². The van der Waals surface area contributed by atoms with Crippen molar-refractivity contribution in [3.8, 4) is 5.75 Å². The Balaban J connectivity index is 2.04. The number of carbonyl (C=O) groups excluding carboxylic acids is 2. The number of esters is 1. The summed E-state index contributed by atoms with van der Waals surface area (Å²) in [5.41, 5.74) is 2.28. The highest BCUT2D eigenvalue weighted by molar-refractivity contribution is 9.10. The van der Waals surface area contributed by atoms with Crippen molar-refractivity contribution in [3.05, 3.63) is 52.5 Å². The largest absolute Gasteiger partial charge is 0.427 e. The summed E-state index contributed by atoms with van der Waals surface area (Å²) in [4.78, 5) is 22.9. The molecule has 0 unspecified atom stereocenters. The molecule has 0 saturated heterocycles. The molecular formula is C16H15BrN2O3. The quantitative estimate of drug-likeness (QED) is 0.630. The number of aryl methyl sites for hydroxylation is 1. The number of hydrogen-bond donors (Lipinski definition) is 2. The summed E-state index contributed by atoms with van der Waals surface area (Å²) in [6.07, 6.45) is 0. The van der Waals surface area contributed by atoms with Gasteiger partial charge in [0.1, 0.15) is 5.75 Å². The smallest absolute Gasteiger partial charge is 0.323 e. The lowest BCUT2D eigenvalue weighted by molar-refractivity contribution is -0.131. The van der Waals surface area contributed by atoms with E-state index in [-0.39, 0.29) is 6.03 Å². The normalized spacial score (nSPS) is 9.95. The Hall–Kier alpha value is -2.34. The number of benzene rings is 2. The molecule has 2 N–H and O–H groups in total. The molecule has 0 aromatic heterocycles. The van der Waals surface area contributed by atoms with Gasteiger partial charge in [-0.25, -0.2) is 4.79 Å². The molecule has 2 amide bonds. The number of carbonyl (C=O) groups is 2. The predicted molar refractivity (Wildman–Crippen MR) is 89.3 cm³/mol. The van der Waals surface area contributed by atoms with E-state index in [9.17, 15) is 9.59 Å². The monoisotopic (exact) mass is 362 g/mol. The summed E-state index contributed by atoms with van der Waals surface area (Å²) in [5.74, 6) is -0.0352. The van der Waals surface area contributed by atoms with E-state index in [1.807, 2.05) is 25.1 Å². The van der Waals surface area contributed by atoms with Crippen molar-refractivity contribution in [3.63, 3.8) is 0 Å². The average Bonchev–Trinajstić information content (AvgIpc) is 2.41. The van der Waals surface area contributed by atoms with Crippen LogP contribution in [0.3, 0.4) is 0 Å². The number of rotatable bonds is 3. The van der Waals surface area contributed by atoms with Gasteiger partial charge in [0.2, 0.25) is 0 Å². The molecule has 6 heteroatoms. The van der Waals surface area contributed by atoms with Gasteiger partial charge in [-0.3, -0.25) is 4.79 Å². The van der Waals surface area contributed by atoms with Gasteiger partial charge in [-0.05, 0) is 52.7 Å². The van der Waals surface area contributed by atoms with Crippen LogP contribution < -0.4 is 15.4 Å². The van der Waals surface area contributed by atoms with Gasteiger partial charge in [0.15, 0.2) is 0 Å². The van der Waals surface area contributed by atoms with Crippen molar-refractivity contribution in [2.24, 2.45) is 0 Å². The lowest BCUT2D eigenvalue weighted by Gasteiger charge is -2.10. The number of amides is 2. The van der Waals surface area contributed by atoms with Crippen LogP contribution in [-0.2, 0) is 4.79 Å². The molecule has 0 bridgehead atoms. The van der Waals surface area contributed by atoms with Crippen LogP contribution in [0.5, 0.6) is 5.75 Å². The number of urea groups is 1. The molecule has 2 aromatic carbocycles. The van der Waals surface area contributed by atoms with E-state index in [0.717, 1.165) is 10.0 Å². The minimum atomic E-state index is -0.412. The highest BCUT2D eigenvalue weighted by Gasteiger charge is 2.07. The third-order valence-corrected chi connectivity index (χ3v) is 3.38. The zero-order chi connectivity index (χ0) is 16.1. The number of nitrogens with one attached hydrogen (secondary N) is 2. The molecule has 22 heavy (non-hydrogen) atoms. The van der Waals surface area contributed by atoms with Crippen molar-refractivity contribution < 1.29 is 14.3 Å². The Bertz CT molecular complexity index is 716. The van der Waals surface area contributed by atoms with Crippen LogP contribution in [-0.4, -0.2) is 12.0 Å². The lowest BCUT2D eigenvalue weighted by atomic mass is 10.2. The van der Waals surface area contributed by atoms with Crippen molar-refractivity contribution >= 4 is 39.3 Å². The van der Waals surface area contributed by atoms with Gasteiger partial charge < -0.3 is 15.4 Å². The first-order valence-electron chi connectivity index (χ1n) is 6.56. The van der Waals surface area contributed by atoms with E-state index in [2.05, 4.69) is 26.6 Å². The average molecular weight is 363 g/mol. The molecule has 5 nitrogen and oxygen atoms in total. The van der Waals surface area contributed by atoms with Crippen LogP contribution in [0, 0.1) is 6.92 Å². The van der Waals surface area contributed by atoms with Gasteiger partial charge in [0, 0.05) is 23.2 Å². The fourth-order valence-electron chi connectivity index (χ4n) is 1.81. The first-order chi connectivity index (χ1) is 10.4. The van der Waals surface area contributed by atoms with Crippen LogP contribution in [0.15, 0.2) is 46.9 Å². The van der Waals surface area contributed by atoms with Crippen molar-refractivity contribution in [2.45, 2.75) is 13.8 Å². The van der Waals surface area contributed by atoms with E-state index in [1.54, 1.807) is 24.3 Å². The Kier molecular flexibility index (Phi) is 5.16. The van der Waals surface area contributed by atoms with Gasteiger partial charge >= 0.3 is 12.0 Å². The Morgan fingerprint density at radius 3 is 2.55 bits per heavy atom. The molecule has 0 aliphatic carbocycles. The lowest BCUT2D eigenvalue weighted by Crippen LogP contribution is -2.19. The number of anilines is 2. The second-order valence-electron chi connectivity index (χ2n) is 4.68. The summed E-state index contributed by atoms with van der Waals surface area (Å²) >= 11 is 3.40. The minimum absolute atomic E-state index is 0.377. The second-order valence-corrected chi connectivity index (χ2v) is 5.54. The first kappa shape index (κ1) is 16.0. The fraction of sp³-hybridized carbons (Fsp3) is 0.125. The van der Waals surface area contributed by atoms with Crippen LogP contribution in [0.4, 0.5) is 16.2 Å². The molecule has 0 saturated carbocycles. The third-order valence-electron chi connectivity index (χ3n) is 2.73. The Morgan fingerprint density at radius 2 is 1.86 bits per heavy atom. The minimum Gasteiger partial charge on any atom is -0.427 e. The topological polar surface area (TPSA) is 67.4 Å². The van der Waals surface area contributed by atoms with Gasteiger partial charge in [0.25, 0.3) is 0 Å². The zero-order valence-electron chi connectivity index (χ0n) is 12.1. The molecule has 0 atom stereocenters. The fourth-order valence-corrected chi connectivity index (χ4v) is 2.40. The second kappa shape index (κ2) is 7.09. The van der Waals surface area contributed by atoms with Crippen LogP contribution in [0.2, 0.25) is 0 Å². The number of ether oxygens (including phenoxy) is 1. The highest BCUT2D eigenvalue weighted by Crippen LogP contribution is 2.24. The molecule has 0 aliphatic rings. The Morgan fingerprint density at radius 1 is 1.09 bits per heavy atom. The van der Waals surface area contributed by atoms with Crippen LogP contribution >= 0.6 is 15.9 Å². The summed E-state index contributed by atoms with van der Waals surface area (Å²) in [6, 6.07) is 11.9. The molecule has 2 rings (SSSR count). The van der Waals surface area contributed by atoms with E-state index >= 15 is 0 Å². The molecule has 2 aromatic rings. The van der Waals surface area contributed by atoms with E-state index in [0.29, 0.717) is 17.1 Å². The van der Waals surface area contributed by atoms with E-state index in [4.69, 9.17) is 4.74 Å². The van der Waals surface area contributed by atoms with Gasteiger partial charge in [0.05, 0.1) is 5.69 Å². The maximum atomic E-state index is 12.0. The van der Waals surface area contributed by atoms with E-state index < -0.39 is 5.97 Å². The number of halogens is 1. The van der Waals surface area contributed by atoms with Crippen LogP contribution in [0.1, 0.15) is 12.5 Å². The van der Waals surface area contributed by atoms with Gasteiger partial charge in [-0.2, -0.15) is 0 Å². The SMILES string of the molecule is CC(=O)Oc1cccc(NC(=O)Nc2ccc(C)cc2Br)c1. The molecular weight excluding hydrogens is 348 g/mol.